The quantitative estimate of drug-likeness (QED) is 0.0555. The fourth-order valence-electron chi connectivity index (χ4n) is 4.61. The van der Waals surface area contributed by atoms with Crippen LogP contribution >= 0.6 is 7.60 Å². The Labute approximate surface area is 231 Å². The fourth-order valence-corrected chi connectivity index (χ4v) is 5.62. The number of aliphatic hydroxyl groups is 3. The van der Waals surface area contributed by atoms with Crippen molar-refractivity contribution < 1.29 is 53.7 Å². The predicted molar refractivity (Wildman–Crippen MR) is 133 cm³/mol. The van der Waals surface area contributed by atoms with Gasteiger partial charge < -0.3 is 45.9 Å². The van der Waals surface area contributed by atoms with E-state index < -0.39 is 69.0 Å². The van der Waals surface area contributed by atoms with Crippen LogP contribution in [0.25, 0.3) is 22.3 Å². The average molecular weight is 614 g/mol. The third-order valence-electron chi connectivity index (χ3n) is 6.54. The van der Waals surface area contributed by atoms with Crippen molar-refractivity contribution in [1.82, 2.24) is 39.0 Å². The molecule has 2 aliphatic heterocycles. The van der Waals surface area contributed by atoms with Gasteiger partial charge in [0.1, 0.15) is 36.3 Å². The van der Waals surface area contributed by atoms with Crippen LogP contribution < -0.4 is 17.0 Å². The highest BCUT2D eigenvalue weighted by molar-refractivity contribution is 7.52. The molecular formula is C19H23N10O12P. The molecule has 23 heteroatoms. The summed E-state index contributed by atoms with van der Waals surface area (Å²) in [5.41, 5.74) is 10.8. The zero-order valence-corrected chi connectivity index (χ0v) is 21.8. The molecule has 0 bridgehead atoms. The molecule has 226 valence electrons. The molecule has 0 saturated carbocycles. The Morgan fingerprint density at radius 1 is 0.952 bits per heavy atom. The maximum atomic E-state index is 13.0. The summed E-state index contributed by atoms with van der Waals surface area (Å²) in [6.45, 7) is 0. The summed E-state index contributed by atoms with van der Waals surface area (Å²) in [5, 5.41) is 40.8. The molecule has 22 nitrogen and oxygen atoms in total. The molecule has 2 saturated heterocycles. The molecule has 6 heterocycles. The summed E-state index contributed by atoms with van der Waals surface area (Å²) < 4.78 is 36.9. The number of nitrogens with zero attached hydrogens (tertiary/aromatic N) is 7. The number of nitrogens with one attached hydrogen (secondary N) is 1. The first-order valence-corrected chi connectivity index (χ1v) is 13.7. The molecule has 0 spiro atoms. The SMILES string of the molecule is Nc1nc2c(ncn2[C@@H]2O[C@H](OO)C(O)C2OP(=O)(O)CO[C@H]2O[C@@H](n3cnc4c(N)ncnc43)C(O)C2O)c(=O)[nH]1. The lowest BCUT2D eigenvalue weighted by Gasteiger charge is -2.25. The van der Waals surface area contributed by atoms with E-state index in [4.69, 9.17) is 35.5 Å². The number of aromatic nitrogens is 8. The van der Waals surface area contributed by atoms with E-state index in [0.717, 1.165) is 17.2 Å². The number of ether oxygens (including phenoxy) is 3. The molecule has 42 heavy (non-hydrogen) atoms. The highest BCUT2D eigenvalue weighted by atomic mass is 31.2. The van der Waals surface area contributed by atoms with Crippen molar-refractivity contribution in [3.63, 3.8) is 0 Å². The van der Waals surface area contributed by atoms with Gasteiger partial charge in [0.25, 0.3) is 5.56 Å². The van der Waals surface area contributed by atoms with Crippen LogP contribution in [0.1, 0.15) is 12.5 Å². The number of rotatable bonds is 8. The van der Waals surface area contributed by atoms with E-state index >= 15 is 0 Å². The van der Waals surface area contributed by atoms with Crippen LogP contribution in [-0.2, 0) is 28.2 Å². The van der Waals surface area contributed by atoms with Crippen LogP contribution in [0.4, 0.5) is 11.8 Å². The van der Waals surface area contributed by atoms with Gasteiger partial charge >= 0.3 is 7.60 Å². The van der Waals surface area contributed by atoms with Crippen molar-refractivity contribution in [2.45, 2.75) is 49.5 Å². The second-order valence-corrected chi connectivity index (χ2v) is 11.0. The van der Waals surface area contributed by atoms with Gasteiger partial charge in [0.15, 0.2) is 47.7 Å². The van der Waals surface area contributed by atoms with Crippen molar-refractivity contribution in [2.24, 2.45) is 0 Å². The zero-order chi connectivity index (χ0) is 29.9. The average Bonchev–Trinajstić information content (AvgIpc) is 3.69. The Morgan fingerprint density at radius 2 is 1.64 bits per heavy atom. The molecule has 2 fully saturated rings. The first-order valence-electron chi connectivity index (χ1n) is 11.9. The van der Waals surface area contributed by atoms with E-state index in [0.29, 0.717) is 0 Å². The first kappa shape index (κ1) is 28.4. The Bertz CT molecular complexity index is 1730. The summed E-state index contributed by atoms with van der Waals surface area (Å²) >= 11 is 0. The summed E-state index contributed by atoms with van der Waals surface area (Å²) in [5.74, 6) is -0.213. The lowest BCUT2D eigenvalue weighted by Crippen LogP contribution is -2.35. The number of H-pyrrole nitrogens is 1. The topological polar surface area (TPSA) is 324 Å². The van der Waals surface area contributed by atoms with Gasteiger partial charge in [-0.2, -0.15) is 4.98 Å². The molecule has 2 aliphatic rings. The van der Waals surface area contributed by atoms with E-state index in [1.54, 1.807) is 0 Å². The van der Waals surface area contributed by atoms with Crippen LogP contribution in [0.5, 0.6) is 0 Å². The first-order chi connectivity index (χ1) is 20.0. The van der Waals surface area contributed by atoms with Crippen molar-refractivity contribution in [3.05, 3.63) is 29.3 Å². The molecule has 0 radical (unpaired) electrons. The smallest absolute Gasteiger partial charge is 0.354 e. The lowest BCUT2D eigenvalue weighted by molar-refractivity contribution is -0.357. The van der Waals surface area contributed by atoms with Crippen molar-refractivity contribution in [3.8, 4) is 0 Å². The summed E-state index contributed by atoms with van der Waals surface area (Å²) in [7, 11) is -4.83. The third-order valence-corrected chi connectivity index (χ3v) is 7.59. The minimum absolute atomic E-state index is 0.0675. The normalized spacial score (nSPS) is 31.3. The van der Waals surface area contributed by atoms with Crippen LogP contribution in [-0.4, -0.2) is 108 Å². The minimum Gasteiger partial charge on any atom is -0.385 e. The van der Waals surface area contributed by atoms with E-state index in [2.05, 4.69) is 34.8 Å². The number of aromatic amines is 1. The third kappa shape index (κ3) is 4.79. The molecule has 0 amide bonds. The minimum atomic E-state index is -4.83. The van der Waals surface area contributed by atoms with Crippen LogP contribution in [0.2, 0.25) is 0 Å². The van der Waals surface area contributed by atoms with Gasteiger partial charge in [0, 0.05) is 0 Å². The van der Waals surface area contributed by atoms with E-state index in [9.17, 15) is 29.6 Å². The number of hydrogen-bond donors (Lipinski definition) is 8. The van der Waals surface area contributed by atoms with Crippen molar-refractivity contribution in [2.75, 3.05) is 17.8 Å². The number of fused-ring (bicyclic) bond motifs is 2. The van der Waals surface area contributed by atoms with Gasteiger partial charge in [0.2, 0.25) is 12.2 Å². The van der Waals surface area contributed by atoms with Gasteiger partial charge in [-0.3, -0.25) is 28.0 Å². The van der Waals surface area contributed by atoms with Gasteiger partial charge in [0.05, 0.1) is 12.7 Å². The zero-order valence-electron chi connectivity index (χ0n) is 20.9. The van der Waals surface area contributed by atoms with Crippen molar-refractivity contribution >= 4 is 41.7 Å². The number of nitrogens with two attached hydrogens (primary N) is 2. The second kappa shape index (κ2) is 10.6. The molecule has 0 aliphatic carbocycles. The Balaban J connectivity index is 1.19. The largest absolute Gasteiger partial charge is 0.385 e. The molecule has 10 N–H and O–H groups in total. The molecule has 4 aromatic rings. The molecule has 5 unspecified atom stereocenters. The number of anilines is 2. The molecule has 6 rings (SSSR count). The fraction of sp³-hybridized carbons (Fsp3) is 0.474. The monoisotopic (exact) mass is 614 g/mol. The number of hydrogen-bond acceptors (Lipinski definition) is 18. The standard InChI is InChI=1S/C19H23N10O12P/c20-11-5-12(23-1-22-11)28(2-24-5)15-7(30)8(31)17(38-15)37-4-42(35,36)41-10-9(32)18(40-34)39-16(10)29-3-25-6-13(29)26-19(21)27-14(6)33/h1-3,7-10,15-18,30-32,34H,4H2,(H,35,36)(H2,20,22,23)(H3,21,26,27,33)/t7?,8?,9?,10?,15-,16-,17+,18-/m1/s1. The Morgan fingerprint density at radius 3 is 2.38 bits per heavy atom. The number of imidazole rings is 2. The Kier molecular flexibility index (Phi) is 7.15. The molecule has 0 aromatic carbocycles. The maximum Gasteiger partial charge on any atom is 0.354 e. The van der Waals surface area contributed by atoms with Gasteiger partial charge in [-0.05, 0) is 0 Å². The molecule has 9 atom stereocenters. The lowest BCUT2D eigenvalue weighted by atomic mass is 10.2. The summed E-state index contributed by atoms with van der Waals surface area (Å²) in [4.78, 5) is 48.9. The predicted octanol–water partition coefficient (Wildman–Crippen LogP) is -3.05. The van der Waals surface area contributed by atoms with Gasteiger partial charge in [-0.15, -0.1) is 0 Å². The Hall–Kier alpha value is -3.67. The van der Waals surface area contributed by atoms with Crippen LogP contribution in [0.15, 0.2) is 23.8 Å². The van der Waals surface area contributed by atoms with E-state index in [1.807, 2.05) is 0 Å². The van der Waals surface area contributed by atoms with E-state index in [-0.39, 0.29) is 34.1 Å². The van der Waals surface area contributed by atoms with Crippen LogP contribution in [0.3, 0.4) is 0 Å². The molecule has 4 aromatic heterocycles. The maximum absolute atomic E-state index is 13.0. The highest BCUT2D eigenvalue weighted by Crippen LogP contribution is 2.49. The highest BCUT2D eigenvalue weighted by Gasteiger charge is 2.51. The van der Waals surface area contributed by atoms with Gasteiger partial charge in [-0.25, -0.2) is 30.1 Å². The molecular weight excluding hydrogens is 591 g/mol. The van der Waals surface area contributed by atoms with Gasteiger partial charge in [-0.1, -0.05) is 0 Å². The van der Waals surface area contributed by atoms with Crippen LogP contribution in [0, 0.1) is 0 Å². The number of aliphatic hydroxyl groups excluding tert-OH is 3. The van der Waals surface area contributed by atoms with E-state index in [1.165, 1.54) is 10.9 Å². The number of nitrogen functional groups attached to an aromatic ring is 2. The second-order valence-electron chi connectivity index (χ2n) is 9.23. The summed E-state index contributed by atoms with van der Waals surface area (Å²) in [6.07, 6.45) is -10.7. The summed E-state index contributed by atoms with van der Waals surface area (Å²) in [6, 6.07) is 0. The van der Waals surface area contributed by atoms with Crippen molar-refractivity contribution in [1.29, 1.82) is 0 Å².